The summed E-state index contributed by atoms with van der Waals surface area (Å²) in [5.74, 6) is 1.45. The average Bonchev–Trinajstić information content (AvgIpc) is 3.41. The number of para-hydroxylation sites is 1. The lowest BCUT2D eigenvalue weighted by Gasteiger charge is -2.09. The summed E-state index contributed by atoms with van der Waals surface area (Å²) >= 11 is 0. The second-order valence-electron chi connectivity index (χ2n) is 7.52. The van der Waals surface area contributed by atoms with E-state index in [4.69, 9.17) is 14.2 Å². The van der Waals surface area contributed by atoms with E-state index in [0.717, 1.165) is 33.5 Å². The Morgan fingerprint density at radius 2 is 1.67 bits per heavy atom. The summed E-state index contributed by atoms with van der Waals surface area (Å²) in [5.41, 5.74) is 3.01. The summed E-state index contributed by atoms with van der Waals surface area (Å²) in [5, 5.41) is 1.03. The molecular formula is C27H22N2O4. The van der Waals surface area contributed by atoms with E-state index in [-0.39, 0.29) is 5.70 Å². The van der Waals surface area contributed by atoms with Crippen LogP contribution in [0.2, 0.25) is 0 Å². The topological polar surface area (TPSA) is 62.1 Å². The highest BCUT2D eigenvalue weighted by atomic mass is 16.6. The number of nitrogens with zero attached hydrogens (tertiary/aromatic N) is 2. The van der Waals surface area contributed by atoms with Crippen molar-refractivity contribution in [1.82, 2.24) is 4.57 Å². The molecule has 0 spiro atoms. The van der Waals surface area contributed by atoms with Crippen molar-refractivity contribution < 1.29 is 19.0 Å². The summed E-state index contributed by atoms with van der Waals surface area (Å²) in [4.78, 5) is 16.9. The third kappa shape index (κ3) is 4.36. The Bertz CT molecular complexity index is 1350. The van der Waals surface area contributed by atoms with Gasteiger partial charge < -0.3 is 18.8 Å². The van der Waals surface area contributed by atoms with Crippen LogP contribution in [0.3, 0.4) is 0 Å². The molecule has 33 heavy (non-hydrogen) atoms. The molecule has 3 aromatic carbocycles. The number of esters is 1. The molecule has 0 fully saturated rings. The molecule has 6 heteroatoms. The van der Waals surface area contributed by atoms with Crippen LogP contribution in [0.1, 0.15) is 11.1 Å². The molecule has 2 heterocycles. The number of cyclic esters (lactones) is 1. The maximum absolute atomic E-state index is 12.4. The Labute approximate surface area is 191 Å². The lowest BCUT2D eigenvalue weighted by atomic mass is 10.1. The van der Waals surface area contributed by atoms with Crippen molar-refractivity contribution in [2.45, 2.75) is 6.54 Å². The van der Waals surface area contributed by atoms with Crippen molar-refractivity contribution in [2.24, 2.45) is 4.99 Å². The van der Waals surface area contributed by atoms with Gasteiger partial charge in [0, 0.05) is 28.2 Å². The van der Waals surface area contributed by atoms with Crippen molar-refractivity contribution in [3.8, 4) is 11.5 Å². The Balaban J connectivity index is 1.38. The van der Waals surface area contributed by atoms with Crippen LogP contribution in [0, 0.1) is 0 Å². The molecule has 5 rings (SSSR count). The highest BCUT2D eigenvalue weighted by molar-refractivity contribution is 6.13. The van der Waals surface area contributed by atoms with Crippen LogP contribution >= 0.6 is 0 Å². The zero-order chi connectivity index (χ0) is 22.6. The van der Waals surface area contributed by atoms with Crippen molar-refractivity contribution in [3.05, 3.63) is 102 Å². The van der Waals surface area contributed by atoms with Crippen LogP contribution in [-0.2, 0) is 16.1 Å². The van der Waals surface area contributed by atoms with E-state index in [1.807, 2.05) is 79.0 Å². The molecule has 0 aliphatic carbocycles. The second-order valence-corrected chi connectivity index (χ2v) is 7.52. The summed E-state index contributed by atoms with van der Waals surface area (Å²) in [6.07, 6.45) is 3.79. The number of ether oxygens (including phenoxy) is 3. The van der Waals surface area contributed by atoms with Crippen LogP contribution in [0.15, 0.2) is 95.7 Å². The number of aromatic nitrogens is 1. The molecule has 0 radical (unpaired) electrons. The van der Waals surface area contributed by atoms with Gasteiger partial charge in [0.15, 0.2) is 5.70 Å². The predicted molar refractivity (Wildman–Crippen MR) is 127 cm³/mol. The molecule has 4 aromatic rings. The molecule has 1 aliphatic rings. The standard InChI is InChI=1S/C27H22N2O4/c1-31-21-11-13-22(14-12-21)32-16-15-29-18-20(23-9-5-6-10-25(23)29)17-24-27(30)33-26(28-24)19-7-3-2-4-8-19/h2-14,17-18H,15-16H2,1H3. The number of carbonyl (C=O) groups excluding carboxylic acids is 1. The lowest BCUT2D eigenvalue weighted by Crippen LogP contribution is -2.07. The Morgan fingerprint density at radius 1 is 0.939 bits per heavy atom. The minimum absolute atomic E-state index is 0.284. The normalized spacial score (nSPS) is 14.4. The minimum Gasteiger partial charge on any atom is -0.497 e. The fraction of sp³-hybridized carbons (Fsp3) is 0.111. The second kappa shape index (κ2) is 9.04. The van der Waals surface area contributed by atoms with E-state index in [2.05, 4.69) is 15.6 Å². The highest BCUT2D eigenvalue weighted by Gasteiger charge is 2.24. The zero-order valence-electron chi connectivity index (χ0n) is 18.1. The van der Waals surface area contributed by atoms with E-state index in [1.54, 1.807) is 13.2 Å². The van der Waals surface area contributed by atoms with Gasteiger partial charge in [0.05, 0.1) is 13.7 Å². The predicted octanol–water partition coefficient (Wildman–Crippen LogP) is 5.07. The molecule has 1 aromatic heterocycles. The number of carbonyl (C=O) groups is 1. The summed E-state index contributed by atoms with van der Waals surface area (Å²) in [7, 11) is 1.64. The molecule has 0 saturated heterocycles. The number of benzene rings is 3. The molecule has 0 atom stereocenters. The quantitative estimate of drug-likeness (QED) is 0.298. The lowest BCUT2D eigenvalue weighted by molar-refractivity contribution is -0.129. The fourth-order valence-corrected chi connectivity index (χ4v) is 3.77. The van der Waals surface area contributed by atoms with Crippen LogP contribution < -0.4 is 9.47 Å². The van der Waals surface area contributed by atoms with Gasteiger partial charge in [-0.15, -0.1) is 0 Å². The molecule has 0 bridgehead atoms. The fourth-order valence-electron chi connectivity index (χ4n) is 3.77. The van der Waals surface area contributed by atoms with Crippen molar-refractivity contribution in [3.63, 3.8) is 0 Å². The summed E-state index contributed by atoms with van der Waals surface area (Å²) in [6.45, 7) is 1.15. The molecule has 6 nitrogen and oxygen atoms in total. The van der Waals surface area contributed by atoms with Gasteiger partial charge in [0.1, 0.15) is 18.1 Å². The van der Waals surface area contributed by atoms with Crippen LogP contribution in [0.5, 0.6) is 11.5 Å². The third-order valence-corrected chi connectivity index (χ3v) is 5.41. The largest absolute Gasteiger partial charge is 0.497 e. The molecular weight excluding hydrogens is 416 g/mol. The highest BCUT2D eigenvalue weighted by Crippen LogP contribution is 2.26. The first-order valence-electron chi connectivity index (χ1n) is 10.6. The number of aliphatic imine (C=N–C) groups is 1. The van der Waals surface area contributed by atoms with Crippen LogP contribution in [0.4, 0.5) is 0 Å². The van der Waals surface area contributed by atoms with Gasteiger partial charge in [0.2, 0.25) is 5.90 Å². The molecule has 0 unspecified atom stereocenters. The van der Waals surface area contributed by atoms with Crippen LogP contribution in [-0.4, -0.2) is 30.2 Å². The first-order chi connectivity index (χ1) is 16.2. The van der Waals surface area contributed by atoms with Gasteiger partial charge in [0.25, 0.3) is 0 Å². The third-order valence-electron chi connectivity index (χ3n) is 5.41. The van der Waals surface area contributed by atoms with E-state index in [1.165, 1.54) is 0 Å². The van der Waals surface area contributed by atoms with Gasteiger partial charge in [-0.2, -0.15) is 0 Å². The minimum atomic E-state index is -0.450. The van der Waals surface area contributed by atoms with Gasteiger partial charge in [-0.1, -0.05) is 36.4 Å². The van der Waals surface area contributed by atoms with E-state index in [0.29, 0.717) is 19.0 Å². The van der Waals surface area contributed by atoms with E-state index < -0.39 is 5.97 Å². The van der Waals surface area contributed by atoms with E-state index >= 15 is 0 Å². The zero-order valence-corrected chi connectivity index (χ0v) is 18.1. The smallest absolute Gasteiger partial charge is 0.363 e. The number of hydrogen-bond acceptors (Lipinski definition) is 5. The molecule has 0 saturated carbocycles. The first-order valence-corrected chi connectivity index (χ1v) is 10.6. The average molecular weight is 438 g/mol. The van der Waals surface area contributed by atoms with Crippen molar-refractivity contribution >= 4 is 28.8 Å². The number of rotatable bonds is 7. The van der Waals surface area contributed by atoms with E-state index in [9.17, 15) is 4.79 Å². The first kappa shape index (κ1) is 20.6. The number of methoxy groups -OCH3 is 1. The molecule has 0 N–H and O–H groups in total. The SMILES string of the molecule is COc1ccc(OCCn2cc(C=C3N=C(c4ccccc4)OC3=O)c3ccccc32)cc1. The Hall–Kier alpha value is -4.32. The van der Waals surface area contributed by atoms with Gasteiger partial charge in [-0.05, 0) is 48.5 Å². The van der Waals surface area contributed by atoms with Gasteiger partial charge >= 0.3 is 5.97 Å². The number of hydrogen-bond donors (Lipinski definition) is 0. The molecule has 1 aliphatic heterocycles. The summed E-state index contributed by atoms with van der Waals surface area (Å²) in [6, 6.07) is 25.0. The molecule has 0 amide bonds. The van der Waals surface area contributed by atoms with Crippen molar-refractivity contribution in [2.75, 3.05) is 13.7 Å². The summed E-state index contributed by atoms with van der Waals surface area (Å²) < 4.78 is 18.6. The maximum atomic E-state index is 12.4. The van der Waals surface area contributed by atoms with Crippen molar-refractivity contribution in [1.29, 1.82) is 0 Å². The number of fused-ring (bicyclic) bond motifs is 1. The Morgan fingerprint density at radius 3 is 2.45 bits per heavy atom. The molecule has 164 valence electrons. The monoisotopic (exact) mass is 438 g/mol. The Kier molecular flexibility index (Phi) is 5.64. The van der Waals surface area contributed by atoms with Gasteiger partial charge in [-0.25, -0.2) is 9.79 Å². The maximum Gasteiger partial charge on any atom is 0.363 e. The van der Waals surface area contributed by atoms with Gasteiger partial charge in [-0.3, -0.25) is 0 Å². The van der Waals surface area contributed by atoms with Crippen LogP contribution in [0.25, 0.3) is 17.0 Å².